The highest BCUT2D eigenvalue weighted by Crippen LogP contribution is 2.45. The second kappa shape index (κ2) is 3.61. The van der Waals surface area contributed by atoms with E-state index in [0.29, 0.717) is 5.41 Å². The van der Waals surface area contributed by atoms with E-state index in [0.717, 1.165) is 18.8 Å². The van der Waals surface area contributed by atoms with E-state index in [2.05, 4.69) is 6.92 Å². The molecule has 2 fully saturated rings. The molecule has 0 bridgehead atoms. The second-order valence-corrected chi connectivity index (χ2v) is 5.56. The number of aliphatic hydroxyl groups excluding tert-OH is 1. The summed E-state index contributed by atoms with van der Waals surface area (Å²) in [6, 6.07) is 0. The van der Waals surface area contributed by atoms with Crippen LogP contribution >= 0.6 is 0 Å². The fourth-order valence-electron chi connectivity index (χ4n) is 3.38. The molecule has 2 rings (SSSR count). The highest BCUT2D eigenvalue weighted by Gasteiger charge is 2.36. The van der Waals surface area contributed by atoms with Gasteiger partial charge in [0.05, 0.1) is 6.10 Å². The third-order valence-electron chi connectivity index (χ3n) is 4.07. The summed E-state index contributed by atoms with van der Waals surface area (Å²) in [7, 11) is 0. The minimum Gasteiger partial charge on any atom is -0.393 e. The van der Waals surface area contributed by atoms with Crippen molar-refractivity contribution in [1.29, 1.82) is 0 Å². The van der Waals surface area contributed by atoms with Gasteiger partial charge in [0.15, 0.2) is 0 Å². The van der Waals surface area contributed by atoms with Crippen molar-refractivity contribution < 1.29 is 5.11 Å². The molecule has 0 aromatic carbocycles. The van der Waals surface area contributed by atoms with E-state index in [1.54, 1.807) is 0 Å². The standard InChI is InChI=1S/C12H22O/c1-12(7-6-11(13)9-12)8-10-4-2-3-5-10/h10-11,13H,2-9H2,1H3. The van der Waals surface area contributed by atoms with Gasteiger partial charge in [-0.1, -0.05) is 32.6 Å². The molecule has 2 unspecified atom stereocenters. The lowest BCUT2D eigenvalue weighted by Crippen LogP contribution is -2.17. The van der Waals surface area contributed by atoms with Crippen molar-refractivity contribution in [1.82, 2.24) is 0 Å². The maximum atomic E-state index is 9.54. The predicted molar refractivity (Wildman–Crippen MR) is 54.5 cm³/mol. The maximum Gasteiger partial charge on any atom is 0.0545 e. The molecule has 0 aromatic rings. The molecule has 2 aliphatic rings. The van der Waals surface area contributed by atoms with Crippen molar-refractivity contribution in [2.24, 2.45) is 11.3 Å². The molecule has 1 nitrogen and oxygen atoms in total. The summed E-state index contributed by atoms with van der Waals surface area (Å²) in [4.78, 5) is 0. The molecule has 2 saturated carbocycles. The lowest BCUT2D eigenvalue weighted by molar-refractivity contribution is 0.153. The lowest BCUT2D eigenvalue weighted by Gasteiger charge is -2.27. The summed E-state index contributed by atoms with van der Waals surface area (Å²) in [5.41, 5.74) is 0.481. The molecule has 0 aliphatic heterocycles. The molecule has 13 heavy (non-hydrogen) atoms. The summed E-state index contributed by atoms with van der Waals surface area (Å²) in [5.74, 6) is 0.982. The Bertz CT molecular complexity index is 172. The predicted octanol–water partition coefficient (Wildman–Crippen LogP) is 3.12. The van der Waals surface area contributed by atoms with E-state index in [1.165, 1.54) is 38.5 Å². The van der Waals surface area contributed by atoms with Crippen LogP contribution in [0.4, 0.5) is 0 Å². The van der Waals surface area contributed by atoms with Crippen molar-refractivity contribution in [2.75, 3.05) is 0 Å². The fraction of sp³-hybridized carbons (Fsp3) is 1.00. The molecular formula is C12H22O. The van der Waals surface area contributed by atoms with Crippen molar-refractivity contribution in [2.45, 2.75) is 64.4 Å². The van der Waals surface area contributed by atoms with Gasteiger partial charge in [0.25, 0.3) is 0 Å². The highest BCUT2D eigenvalue weighted by molar-refractivity contribution is 4.88. The molecule has 2 aliphatic carbocycles. The van der Waals surface area contributed by atoms with Gasteiger partial charge >= 0.3 is 0 Å². The van der Waals surface area contributed by atoms with Gasteiger partial charge in [-0.3, -0.25) is 0 Å². The molecule has 76 valence electrons. The third-order valence-corrected chi connectivity index (χ3v) is 4.07. The smallest absolute Gasteiger partial charge is 0.0545 e. The molecule has 0 aromatic heterocycles. The summed E-state index contributed by atoms with van der Waals surface area (Å²) in [6.45, 7) is 2.38. The van der Waals surface area contributed by atoms with Crippen LogP contribution in [-0.4, -0.2) is 11.2 Å². The average molecular weight is 182 g/mol. The lowest BCUT2D eigenvalue weighted by atomic mass is 9.79. The normalized spacial score (nSPS) is 41.5. The quantitative estimate of drug-likeness (QED) is 0.695. The third kappa shape index (κ3) is 2.25. The Kier molecular flexibility index (Phi) is 2.64. The Morgan fingerprint density at radius 2 is 1.92 bits per heavy atom. The van der Waals surface area contributed by atoms with Crippen LogP contribution in [0, 0.1) is 11.3 Å². The first-order valence-corrected chi connectivity index (χ1v) is 5.86. The minimum absolute atomic E-state index is 0.00593. The Morgan fingerprint density at radius 3 is 2.46 bits per heavy atom. The molecule has 0 heterocycles. The zero-order valence-corrected chi connectivity index (χ0v) is 8.76. The van der Waals surface area contributed by atoms with Gasteiger partial charge in [-0.2, -0.15) is 0 Å². The summed E-state index contributed by atoms with van der Waals surface area (Å²) >= 11 is 0. The van der Waals surface area contributed by atoms with Crippen LogP contribution in [-0.2, 0) is 0 Å². The number of rotatable bonds is 2. The van der Waals surface area contributed by atoms with E-state index in [-0.39, 0.29) is 6.10 Å². The summed E-state index contributed by atoms with van der Waals surface area (Å²) in [6.07, 6.45) is 10.5. The van der Waals surface area contributed by atoms with Gasteiger partial charge in [0, 0.05) is 0 Å². The van der Waals surface area contributed by atoms with E-state index in [1.807, 2.05) is 0 Å². The van der Waals surface area contributed by atoms with Crippen molar-refractivity contribution >= 4 is 0 Å². The highest BCUT2D eigenvalue weighted by atomic mass is 16.3. The molecule has 2 atom stereocenters. The zero-order valence-electron chi connectivity index (χ0n) is 8.76. The molecule has 0 spiro atoms. The molecule has 0 saturated heterocycles. The first-order valence-electron chi connectivity index (χ1n) is 5.86. The van der Waals surface area contributed by atoms with Crippen molar-refractivity contribution in [3.63, 3.8) is 0 Å². The Hall–Kier alpha value is -0.0400. The van der Waals surface area contributed by atoms with Crippen LogP contribution in [0.3, 0.4) is 0 Å². The SMILES string of the molecule is CC1(CC2CCCC2)CCC(O)C1. The number of aliphatic hydroxyl groups is 1. The van der Waals surface area contributed by atoms with Crippen molar-refractivity contribution in [3.8, 4) is 0 Å². The van der Waals surface area contributed by atoms with Crippen LogP contribution in [0.15, 0.2) is 0 Å². The number of hydrogen-bond donors (Lipinski definition) is 1. The van der Waals surface area contributed by atoms with Crippen LogP contribution < -0.4 is 0 Å². The van der Waals surface area contributed by atoms with E-state index < -0.39 is 0 Å². The van der Waals surface area contributed by atoms with Gasteiger partial charge in [0.1, 0.15) is 0 Å². The van der Waals surface area contributed by atoms with E-state index >= 15 is 0 Å². The minimum atomic E-state index is 0.00593. The van der Waals surface area contributed by atoms with Gasteiger partial charge in [0.2, 0.25) is 0 Å². The number of hydrogen-bond acceptors (Lipinski definition) is 1. The fourth-order valence-corrected chi connectivity index (χ4v) is 3.38. The molecule has 0 amide bonds. The molecule has 1 N–H and O–H groups in total. The Morgan fingerprint density at radius 1 is 1.23 bits per heavy atom. The van der Waals surface area contributed by atoms with Gasteiger partial charge in [-0.05, 0) is 37.0 Å². The monoisotopic (exact) mass is 182 g/mol. The zero-order chi connectivity index (χ0) is 9.31. The molecular weight excluding hydrogens is 160 g/mol. The Labute approximate surface area is 81.5 Å². The largest absolute Gasteiger partial charge is 0.393 e. The van der Waals surface area contributed by atoms with E-state index in [9.17, 15) is 5.11 Å². The van der Waals surface area contributed by atoms with Crippen LogP contribution in [0.1, 0.15) is 58.3 Å². The first-order chi connectivity index (χ1) is 6.18. The van der Waals surface area contributed by atoms with Crippen LogP contribution in [0.2, 0.25) is 0 Å². The summed E-state index contributed by atoms with van der Waals surface area (Å²) in [5, 5.41) is 9.54. The maximum absolute atomic E-state index is 9.54. The summed E-state index contributed by atoms with van der Waals surface area (Å²) < 4.78 is 0. The van der Waals surface area contributed by atoms with Crippen LogP contribution in [0.25, 0.3) is 0 Å². The molecule has 0 radical (unpaired) electrons. The molecule has 1 heteroatoms. The second-order valence-electron chi connectivity index (χ2n) is 5.56. The van der Waals surface area contributed by atoms with Gasteiger partial charge in [-0.15, -0.1) is 0 Å². The average Bonchev–Trinajstić information content (AvgIpc) is 2.62. The van der Waals surface area contributed by atoms with E-state index in [4.69, 9.17) is 0 Å². The van der Waals surface area contributed by atoms with Crippen LogP contribution in [0.5, 0.6) is 0 Å². The Balaban J connectivity index is 1.85. The van der Waals surface area contributed by atoms with Crippen molar-refractivity contribution in [3.05, 3.63) is 0 Å². The first kappa shape index (κ1) is 9.51. The van der Waals surface area contributed by atoms with Gasteiger partial charge in [-0.25, -0.2) is 0 Å². The topological polar surface area (TPSA) is 20.2 Å². The van der Waals surface area contributed by atoms with Gasteiger partial charge < -0.3 is 5.11 Å².